The molecule has 1 saturated heterocycles. The van der Waals surface area contributed by atoms with Gasteiger partial charge in [0.1, 0.15) is 0 Å². The van der Waals surface area contributed by atoms with Crippen LogP contribution in [0.25, 0.3) is 0 Å². The standard InChI is InChI=1S/C13H22N2O/c1-3-12(13-7-5-9-16-13)14-10-11-6-4-8-15(11)2/h4,6,8,12-14H,3,5,7,9-10H2,1-2H3. The molecule has 0 aliphatic carbocycles. The summed E-state index contributed by atoms with van der Waals surface area (Å²) in [5.41, 5.74) is 1.33. The minimum atomic E-state index is 0.422. The zero-order chi connectivity index (χ0) is 11.4. The van der Waals surface area contributed by atoms with E-state index in [0.717, 1.165) is 19.6 Å². The molecule has 3 heteroatoms. The van der Waals surface area contributed by atoms with E-state index in [-0.39, 0.29) is 0 Å². The van der Waals surface area contributed by atoms with Crippen LogP contribution in [0.2, 0.25) is 0 Å². The summed E-state index contributed by atoms with van der Waals surface area (Å²) in [5, 5.41) is 3.61. The molecule has 0 aromatic carbocycles. The molecule has 1 aromatic heterocycles. The van der Waals surface area contributed by atoms with E-state index in [2.05, 4.69) is 42.2 Å². The average Bonchev–Trinajstić information content (AvgIpc) is 2.92. The summed E-state index contributed by atoms with van der Waals surface area (Å²) >= 11 is 0. The van der Waals surface area contributed by atoms with Crippen molar-refractivity contribution in [3.8, 4) is 0 Å². The van der Waals surface area contributed by atoms with Crippen molar-refractivity contribution in [2.24, 2.45) is 7.05 Å². The zero-order valence-electron chi connectivity index (χ0n) is 10.3. The number of rotatable bonds is 5. The Hall–Kier alpha value is -0.800. The van der Waals surface area contributed by atoms with Crippen LogP contribution in [-0.4, -0.2) is 23.3 Å². The van der Waals surface area contributed by atoms with E-state index in [9.17, 15) is 0 Å². The first-order valence-electron chi connectivity index (χ1n) is 6.26. The maximum Gasteiger partial charge on any atom is 0.0728 e. The molecule has 16 heavy (non-hydrogen) atoms. The smallest absolute Gasteiger partial charge is 0.0728 e. The van der Waals surface area contributed by atoms with E-state index in [1.165, 1.54) is 18.5 Å². The summed E-state index contributed by atoms with van der Waals surface area (Å²) < 4.78 is 7.90. The molecule has 3 nitrogen and oxygen atoms in total. The highest BCUT2D eigenvalue weighted by Gasteiger charge is 2.24. The van der Waals surface area contributed by atoms with E-state index in [0.29, 0.717) is 12.1 Å². The third-order valence-electron chi connectivity index (χ3n) is 3.45. The first-order valence-corrected chi connectivity index (χ1v) is 6.26. The van der Waals surface area contributed by atoms with E-state index < -0.39 is 0 Å². The van der Waals surface area contributed by atoms with Crippen LogP contribution in [0.5, 0.6) is 0 Å². The number of aromatic nitrogens is 1. The predicted octanol–water partition coefficient (Wildman–Crippen LogP) is 2.07. The molecule has 90 valence electrons. The minimum absolute atomic E-state index is 0.422. The van der Waals surface area contributed by atoms with Gasteiger partial charge in [0.25, 0.3) is 0 Å². The van der Waals surface area contributed by atoms with Crippen LogP contribution in [0.1, 0.15) is 31.9 Å². The number of aryl methyl sites for hydroxylation is 1. The molecule has 1 aliphatic heterocycles. The van der Waals surface area contributed by atoms with E-state index in [4.69, 9.17) is 4.74 Å². The summed E-state index contributed by atoms with van der Waals surface area (Å²) in [6, 6.07) is 4.75. The Kier molecular flexibility index (Phi) is 4.02. The number of nitrogens with one attached hydrogen (secondary N) is 1. The summed E-state index contributed by atoms with van der Waals surface area (Å²) in [6.45, 7) is 4.10. The van der Waals surface area contributed by atoms with Crippen molar-refractivity contribution in [1.29, 1.82) is 0 Å². The van der Waals surface area contributed by atoms with Crippen molar-refractivity contribution in [2.75, 3.05) is 6.61 Å². The first-order chi connectivity index (χ1) is 7.81. The first kappa shape index (κ1) is 11.7. The molecule has 2 rings (SSSR count). The Morgan fingerprint density at radius 2 is 2.50 bits per heavy atom. The van der Waals surface area contributed by atoms with Crippen molar-refractivity contribution < 1.29 is 4.74 Å². The maximum atomic E-state index is 5.74. The Morgan fingerprint density at radius 3 is 3.06 bits per heavy atom. The third-order valence-corrected chi connectivity index (χ3v) is 3.45. The van der Waals surface area contributed by atoms with Gasteiger partial charge in [-0.25, -0.2) is 0 Å². The van der Waals surface area contributed by atoms with Crippen molar-refractivity contribution >= 4 is 0 Å². The lowest BCUT2D eigenvalue weighted by molar-refractivity contribution is 0.0763. The van der Waals surface area contributed by atoms with Crippen LogP contribution < -0.4 is 5.32 Å². The average molecular weight is 222 g/mol. The number of hydrogen-bond acceptors (Lipinski definition) is 2. The molecular formula is C13H22N2O. The maximum absolute atomic E-state index is 5.74. The van der Waals surface area contributed by atoms with Crippen LogP contribution in [0.3, 0.4) is 0 Å². The van der Waals surface area contributed by atoms with Crippen LogP contribution >= 0.6 is 0 Å². The highest BCUT2D eigenvalue weighted by atomic mass is 16.5. The van der Waals surface area contributed by atoms with Gasteiger partial charge in [-0.3, -0.25) is 0 Å². The normalized spacial score (nSPS) is 22.5. The van der Waals surface area contributed by atoms with Gasteiger partial charge in [-0.2, -0.15) is 0 Å². The van der Waals surface area contributed by atoms with Crippen molar-refractivity contribution in [2.45, 2.75) is 44.9 Å². The van der Waals surface area contributed by atoms with Crippen molar-refractivity contribution in [3.05, 3.63) is 24.0 Å². The Morgan fingerprint density at radius 1 is 1.62 bits per heavy atom. The summed E-state index contributed by atoms with van der Waals surface area (Å²) in [6.07, 6.45) is 6.07. The Balaban J connectivity index is 1.85. The van der Waals surface area contributed by atoms with E-state index in [1.807, 2.05) is 0 Å². The molecule has 2 atom stereocenters. The highest BCUT2D eigenvalue weighted by molar-refractivity contribution is 5.06. The fourth-order valence-corrected chi connectivity index (χ4v) is 2.37. The van der Waals surface area contributed by atoms with Gasteiger partial charge in [-0.05, 0) is 31.4 Å². The number of hydrogen-bond donors (Lipinski definition) is 1. The zero-order valence-corrected chi connectivity index (χ0v) is 10.3. The lowest BCUT2D eigenvalue weighted by atomic mass is 10.1. The van der Waals surface area contributed by atoms with Gasteiger partial charge < -0.3 is 14.6 Å². The number of ether oxygens (including phenoxy) is 1. The van der Waals surface area contributed by atoms with Gasteiger partial charge in [0.15, 0.2) is 0 Å². The Bertz CT molecular complexity index is 315. The lowest BCUT2D eigenvalue weighted by Crippen LogP contribution is -2.38. The molecule has 0 bridgehead atoms. The molecule has 0 radical (unpaired) electrons. The highest BCUT2D eigenvalue weighted by Crippen LogP contribution is 2.17. The monoisotopic (exact) mass is 222 g/mol. The second-order valence-electron chi connectivity index (χ2n) is 4.56. The van der Waals surface area contributed by atoms with Crippen LogP contribution in [-0.2, 0) is 18.3 Å². The van der Waals surface area contributed by atoms with Crippen LogP contribution in [0.15, 0.2) is 18.3 Å². The van der Waals surface area contributed by atoms with Gasteiger partial charge in [0.2, 0.25) is 0 Å². The predicted molar refractivity (Wildman–Crippen MR) is 65.3 cm³/mol. The van der Waals surface area contributed by atoms with Crippen LogP contribution in [0.4, 0.5) is 0 Å². The second kappa shape index (κ2) is 5.51. The SMILES string of the molecule is CCC(NCc1cccn1C)C1CCCO1. The largest absolute Gasteiger partial charge is 0.377 e. The quantitative estimate of drug-likeness (QED) is 0.825. The van der Waals surface area contributed by atoms with Gasteiger partial charge >= 0.3 is 0 Å². The van der Waals surface area contributed by atoms with E-state index >= 15 is 0 Å². The molecular weight excluding hydrogens is 200 g/mol. The summed E-state index contributed by atoms with van der Waals surface area (Å²) in [5.74, 6) is 0. The molecule has 0 saturated carbocycles. The molecule has 0 spiro atoms. The van der Waals surface area contributed by atoms with Crippen molar-refractivity contribution in [1.82, 2.24) is 9.88 Å². The van der Waals surface area contributed by atoms with Crippen molar-refractivity contribution in [3.63, 3.8) is 0 Å². The molecule has 2 heterocycles. The lowest BCUT2D eigenvalue weighted by Gasteiger charge is -2.23. The fourth-order valence-electron chi connectivity index (χ4n) is 2.37. The Labute approximate surface area is 97.8 Å². The molecule has 1 N–H and O–H groups in total. The molecule has 2 unspecified atom stereocenters. The number of nitrogens with zero attached hydrogens (tertiary/aromatic N) is 1. The molecule has 0 amide bonds. The fraction of sp³-hybridized carbons (Fsp3) is 0.692. The molecule has 1 aliphatic rings. The van der Waals surface area contributed by atoms with E-state index in [1.54, 1.807) is 0 Å². The molecule has 1 fully saturated rings. The third kappa shape index (κ3) is 2.66. The van der Waals surface area contributed by atoms with Gasteiger partial charge in [0.05, 0.1) is 6.10 Å². The topological polar surface area (TPSA) is 26.2 Å². The van der Waals surface area contributed by atoms with Gasteiger partial charge in [-0.1, -0.05) is 6.92 Å². The summed E-state index contributed by atoms with van der Waals surface area (Å²) in [4.78, 5) is 0. The van der Waals surface area contributed by atoms with Gasteiger partial charge in [-0.15, -0.1) is 0 Å². The second-order valence-corrected chi connectivity index (χ2v) is 4.56. The summed E-state index contributed by atoms with van der Waals surface area (Å²) in [7, 11) is 2.09. The molecule has 1 aromatic rings. The van der Waals surface area contributed by atoms with Gasteiger partial charge in [0, 0.05) is 38.1 Å². The minimum Gasteiger partial charge on any atom is -0.377 e. The van der Waals surface area contributed by atoms with Crippen LogP contribution in [0, 0.1) is 0 Å².